The normalized spacial score (nSPS) is 11.8. The summed E-state index contributed by atoms with van der Waals surface area (Å²) in [5.74, 6) is -0.126. The molecule has 0 bridgehead atoms. The molecule has 0 aliphatic carbocycles. The van der Waals surface area contributed by atoms with Crippen LogP contribution in [0.4, 0.5) is 15.8 Å². The second-order valence-electron chi connectivity index (χ2n) is 4.57. The molecule has 0 fully saturated rings. The van der Waals surface area contributed by atoms with Gasteiger partial charge in [0.05, 0.1) is 12.0 Å². The molecule has 2 aromatic rings. The van der Waals surface area contributed by atoms with Crippen molar-refractivity contribution in [3.05, 3.63) is 64.0 Å². The molecule has 0 saturated heterocycles. The molecule has 5 nitrogen and oxygen atoms in total. The van der Waals surface area contributed by atoms with Crippen LogP contribution < -0.4 is 10.1 Å². The first-order valence-corrected chi connectivity index (χ1v) is 6.35. The summed E-state index contributed by atoms with van der Waals surface area (Å²) >= 11 is 0. The van der Waals surface area contributed by atoms with Crippen LogP contribution in [0.15, 0.2) is 42.5 Å². The lowest BCUT2D eigenvalue weighted by Gasteiger charge is -2.16. The molecule has 0 saturated carbocycles. The summed E-state index contributed by atoms with van der Waals surface area (Å²) in [4.78, 5) is 9.83. The van der Waals surface area contributed by atoms with Gasteiger partial charge in [-0.2, -0.15) is 4.39 Å². The van der Waals surface area contributed by atoms with E-state index in [1.165, 1.54) is 6.07 Å². The summed E-state index contributed by atoms with van der Waals surface area (Å²) in [5.41, 5.74) is 0.913. The van der Waals surface area contributed by atoms with Crippen molar-refractivity contribution in [2.75, 3.05) is 12.4 Å². The van der Waals surface area contributed by atoms with Gasteiger partial charge in [-0.05, 0) is 30.7 Å². The molecule has 1 atom stereocenters. The van der Waals surface area contributed by atoms with Crippen LogP contribution in [0.2, 0.25) is 0 Å². The standard InChI is InChI=1S/C15H15FN2O3/c1-10(11-4-3-5-13(8-11)21-2)17-12-6-7-15(18(19)20)14(16)9-12/h3-10,17H,1-2H3. The van der Waals surface area contributed by atoms with Crippen molar-refractivity contribution in [2.24, 2.45) is 0 Å². The molecule has 0 spiro atoms. The van der Waals surface area contributed by atoms with Gasteiger partial charge >= 0.3 is 5.69 Å². The smallest absolute Gasteiger partial charge is 0.304 e. The van der Waals surface area contributed by atoms with E-state index in [0.29, 0.717) is 5.69 Å². The van der Waals surface area contributed by atoms with Crippen molar-refractivity contribution in [1.82, 2.24) is 0 Å². The van der Waals surface area contributed by atoms with Crippen LogP contribution in [0, 0.1) is 15.9 Å². The van der Waals surface area contributed by atoms with Crippen LogP contribution in [0.3, 0.4) is 0 Å². The van der Waals surface area contributed by atoms with Gasteiger partial charge in [0.15, 0.2) is 0 Å². The lowest BCUT2D eigenvalue weighted by molar-refractivity contribution is -0.387. The first-order chi connectivity index (χ1) is 10.0. The number of methoxy groups -OCH3 is 1. The fraction of sp³-hybridized carbons (Fsp3) is 0.200. The third-order valence-corrected chi connectivity index (χ3v) is 3.12. The summed E-state index contributed by atoms with van der Waals surface area (Å²) in [7, 11) is 1.59. The van der Waals surface area contributed by atoms with E-state index in [-0.39, 0.29) is 6.04 Å². The van der Waals surface area contributed by atoms with Crippen LogP contribution in [0.5, 0.6) is 5.75 Å². The Hall–Kier alpha value is -2.63. The predicted molar refractivity (Wildman–Crippen MR) is 78.1 cm³/mol. The number of nitrogens with one attached hydrogen (secondary N) is 1. The monoisotopic (exact) mass is 290 g/mol. The van der Waals surface area contributed by atoms with Crippen molar-refractivity contribution >= 4 is 11.4 Å². The zero-order valence-electron chi connectivity index (χ0n) is 11.7. The first kappa shape index (κ1) is 14.8. The van der Waals surface area contributed by atoms with Crippen LogP contribution in [0.25, 0.3) is 0 Å². The maximum atomic E-state index is 13.6. The Morgan fingerprint density at radius 1 is 1.29 bits per heavy atom. The van der Waals surface area contributed by atoms with Gasteiger partial charge in [-0.3, -0.25) is 10.1 Å². The van der Waals surface area contributed by atoms with E-state index < -0.39 is 16.4 Å². The Balaban J connectivity index is 2.17. The molecule has 6 heteroatoms. The highest BCUT2D eigenvalue weighted by molar-refractivity contribution is 5.51. The average molecular weight is 290 g/mol. The fourth-order valence-electron chi connectivity index (χ4n) is 1.99. The van der Waals surface area contributed by atoms with Gasteiger partial charge in [-0.1, -0.05) is 12.1 Å². The number of benzene rings is 2. The maximum Gasteiger partial charge on any atom is 0.304 e. The van der Waals surface area contributed by atoms with Gasteiger partial charge in [0, 0.05) is 23.9 Å². The minimum Gasteiger partial charge on any atom is -0.497 e. The molecule has 0 radical (unpaired) electrons. The average Bonchev–Trinajstić information content (AvgIpc) is 2.47. The van der Waals surface area contributed by atoms with E-state index >= 15 is 0 Å². The number of nitrogens with zero attached hydrogens (tertiary/aromatic N) is 1. The Morgan fingerprint density at radius 3 is 2.67 bits per heavy atom. The van der Waals surface area contributed by atoms with E-state index in [1.807, 2.05) is 31.2 Å². The second kappa shape index (κ2) is 6.21. The zero-order valence-corrected chi connectivity index (χ0v) is 11.7. The number of rotatable bonds is 5. The van der Waals surface area contributed by atoms with E-state index in [9.17, 15) is 14.5 Å². The molecule has 0 aliphatic heterocycles. The van der Waals surface area contributed by atoms with Gasteiger partial charge < -0.3 is 10.1 Å². The van der Waals surface area contributed by atoms with Gasteiger partial charge in [0.25, 0.3) is 0 Å². The predicted octanol–water partition coefficient (Wildman–Crippen LogP) is 3.92. The summed E-state index contributed by atoms with van der Waals surface area (Å²) < 4.78 is 18.7. The number of hydrogen-bond acceptors (Lipinski definition) is 4. The second-order valence-corrected chi connectivity index (χ2v) is 4.57. The quantitative estimate of drug-likeness (QED) is 0.669. The van der Waals surface area contributed by atoms with E-state index in [2.05, 4.69) is 5.32 Å². The molecule has 1 N–H and O–H groups in total. The van der Waals surface area contributed by atoms with Crippen molar-refractivity contribution in [2.45, 2.75) is 13.0 Å². The highest BCUT2D eigenvalue weighted by Crippen LogP contribution is 2.25. The van der Waals surface area contributed by atoms with Crippen LogP contribution in [0.1, 0.15) is 18.5 Å². The van der Waals surface area contributed by atoms with Crippen molar-refractivity contribution in [1.29, 1.82) is 0 Å². The lowest BCUT2D eigenvalue weighted by atomic mass is 10.1. The Labute approximate surface area is 121 Å². The first-order valence-electron chi connectivity index (χ1n) is 6.35. The summed E-state index contributed by atoms with van der Waals surface area (Å²) in [6.07, 6.45) is 0. The van der Waals surface area contributed by atoms with Crippen molar-refractivity contribution in [3.8, 4) is 5.75 Å². The van der Waals surface area contributed by atoms with Crippen LogP contribution >= 0.6 is 0 Å². The Morgan fingerprint density at radius 2 is 2.05 bits per heavy atom. The summed E-state index contributed by atoms with van der Waals surface area (Å²) in [6, 6.07) is 11.1. The van der Waals surface area contributed by atoms with E-state index in [4.69, 9.17) is 4.74 Å². The van der Waals surface area contributed by atoms with Crippen molar-refractivity contribution in [3.63, 3.8) is 0 Å². The number of anilines is 1. The van der Waals surface area contributed by atoms with Gasteiger partial charge in [-0.25, -0.2) is 0 Å². The van der Waals surface area contributed by atoms with Crippen molar-refractivity contribution < 1.29 is 14.1 Å². The lowest BCUT2D eigenvalue weighted by Crippen LogP contribution is -2.07. The zero-order chi connectivity index (χ0) is 15.4. The SMILES string of the molecule is COc1cccc(C(C)Nc2ccc([N+](=O)[O-])c(F)c2)c1. The molecule has 1 unspecified atom stereocenters. The summed E-state index contributed by atoms with van der Waals surface area (Å²) in [5, 5.41) is 13.7. The minimum atomic E-state index is -0.858. The molecule has 0 aromatic heterocycles. The third-order valence-electron chi connectivity index (χ3n) is 3.12. The van der Waals surface area contributed by atoms with Crippen LogP contribution in [-0.4, -0.2) is 12.0 Å². The Bertz CT molecular complexity index is 661. The van der Waals surface area contributed by atoms with E-state index in [0.717, 1.165) is 23.4 Å². The molecular weight excluding hydrogens is 275 g/mol. The number of halogens is 1. The molecule has 0 amide bonds. The van der Waals surface area contributed by atoms with Gasteiger partial charge in [0.2, 0.25) is 5.82 Å². The topological polar surface area (TPSA) is 64.4 Å². The molecule has 0 aliphatic rings. The molecular formula is C15H15FN2O3. The number of ether oxygens (including phenoxy) is 1. The molecule has 21 heavy (non-hydrogen) atoms. The minimum absolute atomic E-state index is 0.0963. The van der Waals surface area contributed by atoms with E-state index in [1.54, 1.807) is 7.11 Å². The van der Waals surface area contributed by atoms with Gasteiger partial charge in [-0.15, -0.1) is 0 Å². The highest BCUT2D eigenvalue weighted by Gasteiger charge is 2.15. The van der Waals surface area contributed by atoms with Crippen LogP contribution in [-0.2, 0) is 0 Å². The third kappa shape index (κ3) is 3.47. The number of nitro groups is 1. The maximum absolute atomic E-state index is 13.6. The van der Waals surface area contributed by atoms with Gasteiger partial charge in [0.1, 0.15) is 5.75 Å². The molecule has 2 aromatic carbocycles. The number of hydrogen-bond donors (Lipinski definition) is 1. The largest absolute Gasteiger partial charge is 0.497 e. The highest BCUT2D eigenvalue weighted by atomic mass is 19.1. The molecule has 110 valence electrons. The number of nitro benzene ring substituents is 1. The summed E-state index contributed by atoms with van der Waals surface area (Å²) in [6.45, 7) is 1.91. The fourth-order valence-corrected chi connectivity index (χ4v) is 1.99. The molecule has 2 rings (SSSR count). The Kier molecular flexibility index (Phi) is 4.37. The molecule has 0 heterocycles.